The fourth-order valence-electron chi connectivity index (χ4n) is 2.89. The van der Waals surface area contributed by atoms with Gasteiger partial charge in [-0.1, -0.05) is 26.0 Å². The van der Waals surface area contributed by atoms with Gasteiger partial charge in [0.2, 0.25) is 0 Å². The summed E-state index contributed by atoms with van der Waals surface area (Å²) in [6.45, 7) is 6.47. The SMILES string of the molecule is Cc1ccc(C(C)C)c(OC(C)C(=O)N(C)Cc2nccn2CC(F)(F)F)c1. The Labute approximate surface area is 163 Å². The summed E-state index contributed by atoms with van der Waals surface area (Å²) in [5, 5.41) is 0. The zero-order valence-corrected chi connectivity index (χ0v) is 16.7. The van der Waals surface area contributed by atoms with E-state index in [1.807, 2.05) is 39.0 Å². The number of ether oxygens (including phenoxy) is 1. The minimum Gasteiger partial charge on any atom is -0.481 e. The van der Waals surface area contributed by atoms with Gasteiger partial charge in [-0.25, -0.2) is 4.98 Å². The molecule has 2 rings (SSSR count). The summed E-state index contributed by atoms with van der Waals surface area (Å²) in [6, 6.07) is 5.85. The Hall–Kier alpha value is -2.51. The highest BCUT2D eigenvalue weighted by Crippen LogP contribution is 2.28. The molecule has 0 aliphatic carbocycles. The van der Waals surface area contributed by atoms with Crippen molar-refractivity contribution in [1.29, 1.82) is 0 Å². The average Bonchev–Trinajstić information content (AvgIpc) is 2.98. The fourth-order valence-corrected chi connectivity index (χ4v) is 2.89. The number of aromatic nitrogens is 2. The number of rotatable bonds is 7. The average molecular weight is 397 g/mol. The zero-order chi connectivity index (χ0) is 21.1. The summed E-state index contributed by atoms with van der Waals surface area (Å²) >= 11 is 0. The number of carbonyl (C=O) groups excluding carboxylic acids is 1. The molecule has 0 bridgehead atoms. The van der Waals surface area contributed by atoms with Crippen LogP contribution < -0.4 is 4.74 Å². The predicted molar refractivity (Wildman–Crippen MR) is 100 cm³/mol. The van der Waals surface area contributed by atoms with Crippen molar-refractivity contribution in [3.63, 3.8) is 0 Å². The van der Waals surface area contributed by atoms with Crippen LogP contribution in [-0.2, 0) is 17.9 Å². The maximum absolute atomic E-state index is 12.7. The normalized spacial score (nSPS) is 12.9. The minimum absolute atomic E-state index is 0.0412. The largest absolute Gasteiger partial charge is 0.481 e. The molecule has 0 N–H and O–H groups in total. The third-order valence-corrected chi connectivity index (χ3v) is 4.35. The molecule has 0 aliphatic rings. The fraction of sp³-hybridized carbons (Fsp3) is 0.500. The predicted octanol–water partition coefficient (Wildman–Crippen LogP) is 4.30. The first kappa shape index (κ1) is 21.8. The van der Waals surface area contributed by atoms with Crippen LogP contribution in [0.15, 0.2) is 30.6 Å². The number of halogens is 3. The van der Waals surface area contributed by atoms with Crippen LogP contribution in [0.1, 0.15) is 43.6 Å². The highest BCUT2D eigenvalue weighted by Gasteiger charge is 2.29. The van der Waals surface area contributed by atoms with E-state index in [0.29, 0.717) is 5.75 Å². The first-order valence-corrected chi connectivity index (χ1v) is 9.07. The molecule has 0 saturated heterocycles. The number of hydrogen-bond acceptors (Lipinski definition) is 3. The molecule has 28 heavy (non-hydrogen) atoms. The van der Waals surface area contributed by atoms with E-state index in [1.54, 1.807) is 6.92 Å². The van der Waals surface area contributed by atoms with Gasteiger partial charge in [0, 0.05) is 19.4 Å². The summed E-state index contributed by atoms with van der Waals surface area (Å²) < 4.78 is 44.9. The second-order valence-corrected chi connectivity index (χ2v) is 7.24. The molecule has 1 amide bonds. The third kappa shape index (κ3) is 5.74. The molecule has 0 saturated carbocycles. The van der Waals surface area contributed by atoms with E-state index in [2.05, 4.69) is 4.98 Å². The summed E-state index contributed by atoms with van der Waals surface area (Å²) in [5.74, 6) is 0.699. The molecule has 1 unspecified atom stereocenters. The van der Waals surface area contributed by atoms with Crippen molar-refractivity contribution >= 4 is 5.91 Å². The van der Waals surface area contributed by atoms with E-state index in [-0.39, 0.29) is 24.2 Å². The van der Waals surface area contributed by atoms with Crippen molar-refractivity contribution in [2.75, 3.05) is 7.05 Å². The molecule has 8 heteroatoms. The van der Waals surface area contributed by atoms with Crippen molar-refractivity contribution in [3.8, 4) is 5.75 Å². The summed E-state index contributed by atoms with van der Waals surface area (Å²) in [4.78, 5) is 17.9. The molecule has 1 heterocycles. The van der Waals surface area contributed by atoms with Gasteiger partial charge in [-0.05, 0) is 37.0 Å². The Kier molecular flexibility index (Phi) is 6.74. The maximum Gasteiger partial charge on any atom is 0.406 e. The van der Waals surface area contributed by atoms with Crippen LogP contribution in [0.2, 0.25) is 0 Å². The number of aryl methyl sites for hydroxylation is 1. The highest BCUT2D eigenvalue weighted by molar-refractivity contribution is 5.80. The third-order valence-electron chi connectivity index (χ3n) is 4.35. The zero-order valence-electron chi connectivity index (χ0n) is 16.7. The quantitative estimate of drug-likeness (QED) is 0.700. The van der Waals surface area contributed by atoms with Gasteiger partial charge in [0.1, 0.15) is 18.1 Å². The smallest absolute Gasteiger partial charge is 0.406 e. The van der Waals surface area contributed by atoms with Crippen molar-refractivity contribution in [2.45, 2.75) is 59.0 Å². The van der Waals surface area contributed by atoms with E-state index in [4.69, 9.17) is 4.74 Å². The molecule has 0 aliphatic heterocycles. The van der Waals surface area contributed by atoms with Gasteiger partial charge in [-0.15, -0.1) is 0 Å². The van der Waals surface area contributed by atoms with Crippen LogP contribution in [0.5, 0.6) is 5.75 Å². The Morgan fingerprint density at radius 2 is 1.96 bits per heavy atom. The lowest BCUT2D eigenvalue weighted by atomic mass is 10.0. The van der Waals surface area contributed by atoms with Crippen LogP contribution in [0.25, 0.3) is 0 Å². The van der Waals surface area contributed by atoms with Crippen LogP contribution in [0.3, 0.4) is 0 Å². The Morgan fingerprint density at radius 1 is 1.29 bits per heavy atom. The van der Waals surface area contributed by atoms with Gasteiger partial charge in [-0.2, -0.15) is 13.2 Å². The van der Waals surface area contributed by atoms with Gasteiger partial charge in [0.05, 0.1) is 6.54 Å². The van der Waals surface area contributed by atoms with Crippen molar-refractivity contribution in [1.82, 2.24) is 14.5 Å². The van der Waals surface area contributed by atoms with Crippen LogP contribution in [0, 0.1) is 6.92 Å². The van der Waals surface area contributed by atoms with E-state index >= 15 is 0 Å². The molecular weight excluding hydrogens is 371 g/mol. The lowest BCUT2D eigenvalue weighted by molar-refractivity contribution is -0.141. The second-order valence-electron chi connectivity index (χ2n) is 7.24. The summed E-state index contributed by atoms with van der Waals surface area (Å²) in [5.41, 5.74) is 2.01. The molecular formula is C20H26F3N3O2. The first-order chi connectivity index (χ1) is 13.0. The van der Waals surface area contributed by atoms with Gasteiger partial charge in [0.15, 0.2) is 6.10 Å². The van der Waals surface area contributed by atoms with E-state index < -0.39 is 18.8 Å². The molecule has 154 valence electrons. The van der Waals surface area contributed by atoms with Crippen LogP contribution >= 0.6 is 0 Å². The molecule has 2 aromatic rings. The van der Waals surface area contributed by atoms with E-state index in [9.17, 15) is 18.0 Å². The molecule has 0 radical (unpaired) electrons. The Bertz CT molecular complexity index is 815. The number of imidazole rings is 1. The standard InChI is InChI=1S/C20H26F3N3O2/c1-13(2)16-7-6-14(3)10-17(16)28-15(4)19(27)25(5)11-18-24-8-9-26(18)12-20(21,22)23/h6-10,13,15H,11-12H2,1-5H3. The van der Waals surface area contributed by atoms with E-state index in [0.717, 1.165) is 15.7 Å². The molecule has 1 aromatic carbocycles. The van der Waals surface area contributed by atoms with Crippen LogP contribution in [0.4, 0.5) is 13.2 Å². The van der Waals surface area contributed by atoms with Crippen molar-refractivity contribution in [3.05, 3.63) is 47.5 Å². The molecule has 0 spiro atoms. The highest BCUT2D eigenvalue weighted by atomic mass is 19.4. The monoisotopic (exact) mass is 397 g/mol. The summed E-state index contributed by atoms with van der Waals surface area (Å²) in [7, 11) is 1.52. The minimum atomic E-state index is -4.35. The molecule has 0 fully saturated rings. The lowest BCUT2D eigenvalue weighted by Crippen LogP contribution is -2.38. The Balaban J connectivity index is 2.08. The first-order valence-electron chi connectivity index (χ1n) is 9.07. The number of amides is 1. The topological polar surface area (TPSA) is 47.4 Å². The molecule has 1 aromatic heterocycles. The summed E-state index contributed by atoms with van der Waals surface area (Å²) in [6.07, 6.45) is -2.59. The number of hydrogen-bond donors (Lipinski definition) is 0. The van der Waals surface area contributed by atoms with Gasteiger partial charge < -0.3 is 14.2 Å². The number of likely N-dealkylation sites (N-methyl/N-ethyl adjacent to an activating group) is 1. The lowest BCUT2D eigenvalue weighted by Gasteiger charge is -2.24. The molecule has 5 nitrogen and oxygen atoms in total. The number of benzene rings is 1. The van der Waals surface area contributed by atoms with Gasteiger partial charge >= 0.3 is 6.18 Å². The second kappa shape index (κ2) is 8.67. The maximum atomic E-state index is 12.7. The number of alkyl halides is 3. The number of nitrogens with zero attached hydrogens (tertiary/aromatic N) is 3. The Morgan fingerprint density at radius 3 is 2.57 bits per heavy atom. The van der Waals surface area contributed by atoms with Crippen molar-refractivity contribution in [2.24, 2.45) is 0 Å². The number of carbonyl (C=O) groups is 1. The molecule has 1 atom stereocenters. The van der Waals surface area contributed by atoms with Crippen LogP contribution in [-0.4, -0.2) is 39.7 Å². The van der Waals surface area contributed by atoms with Gasteiger partial charge in [0.25, 0.3) is 5.91 Å². The van der Waals surface area contributed by atoms with Gasteiger partial charge in [-0.3, -0.25) is 4.79 Å². The van der Waals surface area contributed by atoms with E-state index in [1.165, 1.54) is 24.3 Å². The van der Waals surface area contributed by atoms with Crippen molar-refractivity contribution < 1.29 is 22.7 Å².